The van der Waals surface area contributed by atoms with Crippen molar-refractivity contribution in [3.05, 3.63) is 48.0 Å². The Morgan fingerprint density at radius 1 is 1.11 bits per heavy atom. The van der Waals surface area contributed by atoms with Crippen LogP contribution in [0.25, 0.3) is 0 Å². The van der Waals surface area contributed by atoms with Gasteiger partial charge in [0, 0.05) is 13.1 Å². The topological polar surface area (TPSA) is 46.3 Å². The second-order valence-electron chi connectivity index (χ2n) is 5.59. The van der Waals surface area contributed by atoms with Crippen LogP contribution in [0.5, 0.6) is 0 Å². The number of amides is 1. The zero-order valence-electron chi connectivity index (χ0n) is 11.0. The van der Waals surface area contributed by atoms with Crippen molar-refractivity contribution in [1.29, 1.82) is 0 Å². The maximum absolute atomic E-state index is 12.5. The van der Waals surface area contributed by atoms with Gasteiger partial charge in [-0.3, -0.25) is 4.79 Å². The van der Waals surface area contributed by atoms with Gasteiger partial charge in [0.25, 0.3) is 0 Å². The number of benzene rings is 1. The highest BCUT2D eigenvalue weighted by atomic mass is 16.2. The quantitative estimate of drug-likeness (QED) is 0.824. The SMILES string of the molecule is N[C@@H](C(=O)N1C[C@H]2CC=CC[C@H]2C1)c1ccccc1. The van der Waals surface area contributed by atoms with Gasteiger partial charge in [-0.1, -0.05) is 42.5 Å². The fourth-order valence-corrected chi connectivity index (χ4v) is 3.19. The Labute approximate surface area is 114 Å². The van der Waals surface area contributed by atoms with Crippen LogP contribution in [-0.2, 0) is 4.79 Å². The molecule has 0 saturated carbocycles. The number of nitrogens with zero attached hydrogens (tertiary/aromatic N) is 1. The van der Waals surface area contributed by atoms with Gasteiger partial charge in [-0.05, 0) is 30.2 Å². The minimum atomic E-state index is -0.519. The summed E-state index contributed by atoms with van der Waals surface area (Å²) in [5.41, 5.74) is 7.00. The molecule has 1 aliphatic carbocycles. The lowest BCUT2D eigenvalue weighted by Gasteiger charge is -2.21. The van der Waals surface area contributed by atoms with Crippen LogP contribution in [-0.4, -0.2) is 23.9 Å². The van der Waals surface area contributed by atoms with Crippen molar-refractivity contribution >= 4 is 5.91 Å². The molecule has 1 saturated heterocycles. The van der Waals surface area contributed by atoms with Crippen LogP contribution in [0.4, 0.5) is 0 Å². The monoisotopic (exact) mass is 256 g/mol. The Kier molecular flexibility index (Phi) is 3.38. The highest BCUT2D eigenvalue weighted by Gasteiger charge is 2.36. The molecule has 3 atom stereocenters. The number of carbonyl (C=O) groups excluding carboxylic acids is 1. The summed E-state index contributed by atoms with van der Waals surface area (Å²) < 4.78 is 0. The first-order chi connectivity index (χ1) is 9.25. The van der Waals surface area contributed by atoms with Gasteiger partial charge in [0.15, 0.2) is 0 Å². The summed E-state index contributed by atoms with van der Waals surface area (Å²) in [7, 11) is 0. The van der Waals surface area contributed by atoms with Gasteiger partial charge in [0.1, 0.15) is 6.04 Å². The molecule has 0 aromatic heterocycles. The van der Waals surface area contributed by atoms with Gasteiger partial charge in [-0.2, -0.15) is 0 Å². The molecule has 1 aliphatic heterocycles. The van der Waals surface area contributed by atoms with Crippen LogP contribution in [0, 0.1) is 11.8 Å². The summed E-state index contributed by atoms with van der Waals surface area (Å²) in [6, 6.07) is 9.12. The Bertz CT molecular complexity index is 467. The van der Waals surface area contributed by atoms with Crippen molar-refractivity contribution in [2.75, 3.05) is 13.1 Å². The van der Waals surface area contributed by atoms with Crippen molar-refractivity contribution in [2.24, 2.45) is 17.6 Å². The molecule has 2 N–H and O–H groups in total. The van der Waals surface area contributed by atoms with Gasteiger partial charge in [-0.15, -0.1) is 0 Å². The van der Waals surface area contributed by atoms with E-state index in [0.29, 0.717) is 11.8 Å². The van der Waals surface area contributed by atoms with E-state index in [1.165, 1.54) is 0 Å². The fourth-order valence-electron chi connectivity index (χ4n) is 3.19. The van der Waals surface area contributed by atoms with Crippen LogP contribution >= 0.6 is 0 Å². The minimum absolute atomic E-state index is 0.0700. The number of allylic oxidation sites excluding steroid dienone is 2. The molecule has 3 heteroatoms. The number of hydrogen-bond acceptors (Lipinski definition) is 2. The van der Waals surface area contributed by atoms with Crippen LogP contribution in [0.1, 0.15) is 24.4 Å². The van der Waals surface area contributed by atoms with E-state index in [1.807, 2.05) is 35.2 Å². The Balaban J connectivity index is 1.68. The van der Waals surface area contributed by atoms with Gasteiger partial charge >= 0.3 is 0 Å². The molecule has 1 aromatic rings. The second-order valence-corrected chi connectivity index (χ2v) is 5.59. The molecule has 1 amide bonds. The molecule has 3 nitrogen and oxygen atoms in total. The average molecular weight is 256 g/mol. The predicted octanol–water partition coefficient (Wildman–Crippen LogP) is 2.11. The second kappa shape index (κ2) is 5.17. The standard InChI is InChI=1S/C16H20N2O/c17-15(12-6-2-1-3-7-12)16(19)18-10-13-8-4-5-9-14(13)11-18/h1-7,13-15H,8-11,17H2/t13-,14+,15-/m1/s1. The van der Waals surface area contributed by atoms with Crippen LogP contribution in [0.15, 0.2) is 42.5 Å². The van der Waals surface area contributed by atoms with E-state index < -0.39 is 6.04 Å². The van der Waals surface area contributed by atoms with E-state index >= 15 is 0 Å². The molecule has 19 heavy (non-hydrogen) atoms. The molecule has 1 heterocycles. The molecule has 1 aromatic carbocycles. The lowest BCUT2D eigenvalue weighted by Crippen LogP contribution is -2.37. The summed E-state index contributed by atoms with van der Waals surface area (Å²) in [6.45, 7) is 1.74. The third kappa shape index (κ3) is 2.43. The van der Waals surface area contributed by atoms with E-state index in [9.17, 15) is 4.79 Å². The molecule has 0 unspecified atom stereocenters. The van der Waals surface area contributed by atoms with Gasteiger partial charge in [0.05, 0.1) is 0 Å². The lowest BCUT2D eigenvalue weighted by molar-refractivity contribution is -0.131. The smallest absolute Gasteiger partial charge is 0.244 e. The first-order valence-electron chi connectivity index (χ1n) is 7.00. The normalized spacial score (nSPS) is 27.1. The largest absolute Gasteiger partial charge is 0.340 e. The van der Waals surface area contributed by atoms with E-state index in [-0.39, 0.29) is 5.91 Å². The summed E-state index contributed by atoms with van der Waals surface area (Å²) in [5.74, 6) is 1.34. The maximum atomic E-state index is 12.5. The Hall–Kier alpha value is -1.61. The summed E-state index contributed by atoms with van der Waals surface area (Å²) in [6.07, 6.45) is 6.70. The van der Waals surface area contributed by atoms with Crippen LogP contribution < -0.4 is 5.73 Å². The van der Waals surface area contributed by atoms with E-state index in [1.54, 1.807) is 0 Å². The van der Waals surface area contributed by atoms with Crippen molar-refractivity contribution in [3.63, 3.8) is 0 Å². The van der Waals surface area contributed by atoms with Crippen molar-refractivity contribution < 1.29 is 4.79 Å². The summed E-state index contributed by atoms with van der Waals surface area (Å²) in [4.78, 5) is 14.4. The number of rotatable bonds is 2. The Morgan fingerprint density at radius 3 is 2.26 bits per heavy atom. The average Bonchev–Trinajstić information content (AvgIpc) is 2.90. The molecule has 0 bridgehead atoms. The molecule has 1 fully saturated rings. The fraction of sp³-hybridized carbons (Fsp3) is 0.438. The van der Waals surface area contributed by atoms with Crippen LogP contribution in [0.2, 0.25) is 0 Å². The minimum Gasteiger partial charge on any atom is -0.340 e. The third-order valence-electron chi connectivity index (χ3n) is 4.36. The van der Waals surface area contributed by atoms with E-state index in [4.69, 9.17) is 5.73 Å². The van der Waals surface area contributed by atoms with Crippen LogP contribution in [0.3, 0.4) is 0 Å². The predicted molar refractivity (Wildman–Crippen MR) is 75.3 cm³/mol. The van der Waals surface area contributed by atoms with Crippen molar-refractivity contribution in [2.45, 2.75) is 18.9 Å². The zero-order chi connectivity index (χ0) is 13.2. The molecule has 0 radical (unpaired) electrons. The Morgan fingerprint density at radius 2 is 1.68 bits per heavy atom. The summed E-state index contributed by atoms with van der Waals surface area (Å²) in [5, 5.41) is 0. The van der Waals surface area contributed by atoms with Crippen molar-refractivity contribution in [1.82, 2.24) is 4.90 Å². The zero-order valence-corrected chi connectivity index (χ0v) is 11.0. The molecular formula is C16H20N2O. The molecule has 2 aliphatic rings. The number of carbonyl (C=O) groups is 1. The van der Waals surface area contributed by atoms with Gasteiger partial charge in [-0.25, -0.2) is 0 Å². The number of likely N-dealkylation sites (tertiary alicyclic amines) is 1. The molecule has 0 spiro atoms. The number of fused-ring (bicyclic) bond motifs is 1. The number of hydrogen-bond donors (Lipinski definition) is 1. The van der Waals surface area contributed by atoms with Gasteiger partial charge < -0.3 is 10.6 Å². The molecular weight excluding hydrogens is 236 g/mol. The molecule has 3 rings (SSSR count). The first-order valence-corrected chi connectivity index (χ1v) is 7.00. The van der Waals surface area contributed by atoms with E-state index in [2.05, 4.69) is 12.2 Å². The summed E-state index contributed by atoms with van der Waals surface area (Å²) >= 11 is 0. The molecule has 100 valence electrons. The number of nitrogens with two attached hydrogens (primary N) is 1. The lowest BCUT2D eigenvalue weighted by atomic mass is 9.86. The van der Waals surface area contributed by atoms with Crippen molar-refractivity contribution in [3.8, 4) is 0 Å². The maximum Gasteiger partial charge on any atom is 0.244 e. The highest BCUT2D eigenvalue weighted by Crippen LogP contribution is 2.33. The third-order valence-corrected chi connectivity index (χ3v) is 4.36. The van der Waals surface area contributed by atoms with Gasteiger partial charge in [0.2, 0.25) is 5.91 Å². The van der Waals surface area contributed by atoms with E-state index in [0.717, 1.165) is 31.5 Å². The first kappa shape index (κ1) is 12.4. The highest BCUT2D eigenvalue weighted by molar-refractivity contribution is 5.83.